The molecule has 1 heterocycles. The molecule has 0 aliphatic rings. The maximum Gasteiger partial charge on any atom is 0.250 e. The van der Waals surface area contributed by atoms with Crippen LogP contribution >= 0.6 is 11.3 Å². The number of thiazole rings is 1. The van der Waals surface area contributed by atoms with Gasteiger partial charge in [-0.3, -0.25) is 10.1 Å². The van der Waals surface area contributed by atoms with Crippen LogP contribution in [0.2, 0.25) is 0 Å². The van der Waals surface area contributed by atoms with Gasteiger partial charge >= 0.3 is 0 Å². The molecule has 2 aromatic rings. The molecule has 0 fully saturated rings. The molecule has 0 saturated heterocycles. The number of carbonyl (C=O) groups excluding carboxylic acids is 1. The lowest BCUT2D eigenvalue weighted by Crippen LogP contribution is -2.07. The number of aromatic nitrogens is 1. The van der Waals surface area contributed by atoms with Crippen molar-refractivity contribution in [1.29, 1.82) is 0 Å². The Labute approximate surface area is 152 Å². The van der Waals surface area contributed by atoms with Crippen molar-refractivity contribution in [3.8, 4) is 11.5 Å². The molecule has 2 rings (SSSR count). The third-order valence-electron chi connectivity index (χ3n) is 3.53. The zero-order valence-corrected chi connectivity index (χ0v) is 15.5. The van der Waals surface area contributed by atoms with Crippen LogP contribution in [0.3, 0.4) is 0 Å². The van der Waals surface area contributed by atoms with E-state index in [1.165, 1.54) is 36.7 Å². The number of benzene rings is 1. The van der Waals surface area contributed by atoms with Crippen LogP contribution in [-0.2, 0) is 4.79 Å². The molecule has 0 aliphatic heterocycles. The number of hydrogen-bond acceptors (Lipinski definition) is 5. The number of ether oxygens (including phenoxy) is 2. The van der Waals surface area contributed by atoms with Gasteiger partial charge in [-0.05, 0) is 30.2 Å². The van der Waals surface area contributed by atoms with Crippen molar-refractivity contribution in [2.75, 3.05) is 19.0 Å². The van der Waals surface area contributed by atoms with E-state index in [0.717, 1.165) is 17.7 Å². The third-order valence-corrected chi connectivity index (χ3v) is 4.22. The Morgan fingerprint density at radius 2 is 2.16 bits per heavy atom. The molecule has 1 aromatic heterocycles. The fourth-order valence-corrected chi connectivity index (χ4v) is 2.75. The van der Waals surface area contributed by atoms with Crippen molar-refractivity contribution >= 4 is 28.5 Å². The molecule has 134 valence electrons. The molecule has 0 unspecified atom stereocenters. The molecule has 25 heavy (non-hydrogen) atoms. The largest absolute Gasteiger partial charge is 0.493 e. The first-order valence-electron chi connectivity index (χ1n) is 8.42. The van der Waals surface area contributed by atoms with Crippen molar-refractivity contribution in [1.82, 2.24) is 4.98 Å². The Hall–Kier alpha value is -2.34. The Morgan fingerprint density at radius 3 is 2.88 bits per heavy atom. The molecular formula is C19H24N2O3S. The van der Waals surface area contributed by atoms with E-state index in [1.54, 1.807) is 19.4 Å². The van der Waals surface area contributed by atoms with Crippen LogP contribution in [0.15, 0.2) is 35.9 Å². The van der Waals surface area contributed by atoms with E-state index in [0.29, 0.717) is 17.5 Å². The summed E-state index contributed by atoms with van der Waals surface area (Å²) in [5, 5.41) is 5.10. The predicted molar refractivity (Wildman–Crippen MR) is 102 cm³/mol. The number of anilines is 1. The van der Waals surface area contributed by atoms with Gasteiger partial charge < -0.3 is 9.47 Å². The summed E-state index contributed by atoms with van der Waals surface area (Å²) >= 11 is 1.38. The Balaban J connectivity index is 1.91. The van der Waals surface area contributed by atoms with Crippen LogP contribution in [-0.4, -0.2) is 24.6 Å². The number of methoxy groups -OCH3 is 1. The second-order valence-electron chi connectivity index (χ2n) is 5.48. The predicted octanol–water partition coefficient (Wildman–Crippen LogP) is 4.76. The topological polar surface area (TPSA) is 60.5 Å². The van der Waals surface area contributed by atoms with E-state index in [2.05, 4.69) is 17.2 Å². The van der Waals surface area contributed by atoms with Crippen LogP contribution in [0, 0.1) is 0 Å². The summed E-state index contributed by atoms with van der Waals surface area (Å²) in [7, 11) is 1.61. The molecule has 0 bridgehead atoms. The van der Waals surface area contributed by atoms with Crippen LogP contribution in [0.5, 0.6) is 11.5 Å². The monoisotopic (exact) mass is 360 g/mol. The number of unbranched alkanes of at least 4 members (excludes halogenated alkanes) is 3. The highest BCUT2D eigenvalue weighted by molar-refractivity contribution is 7.13. The van der Waals surface area contributed by atoms with Crippen LogP contribution < -0.4 is 14.8 Å². The molecule has 1 aromatic carbocycles. The fraction of sp³-hybridized carbons (Fsp3) is 0.368. The number of nitrogens with one attached hydrogen (secondary N) is 1. The number of hydrogen-bond donors (Lipinski definition) is 1. The maximum absolute atomic E-state index is 11.8. The smallest absolute Gasteiger partial charge is 0.250 e. The van der Waals surface area contributed by atoms with E-state index < -0.39 is 0 Å². The summed E-state index contributed by atoms with van der Waals surface area (Å²) in [6.45, 7) is 2.87. The summed E-state index contributed by atoms with van der Waals surface area (Å²) < 4.78 is 11.2. The average Bonchev–Trinajstić information content (AvgIpc) is 3.13. The van der Waals surface area contributed by atoms with Gasteiger partial charge in [0, 0.05) is 17.7 Å². The summed E-state index contributed by atoms with van der Waals surface area (Å²) in [6, 6.07) is 5.63. The number of nitrogens with zero attached hydrogens (tertiary/aromatic N) is 1. The zero-order chi connectivity index (χ0) is 17.9. The number of carbonyl (C=O) groups is 1. The lowest BCUT2D eigenvalue weighted by Gasteiger charge is -2.11. The van der Waals surface area contributed by atoms with Crippen LogP contribution in [0.1, 0.15) is 38.2 Å². The summed E-state index contributed by atoms with van der Waals surface area (Å²) in [5.74, 6) is 1.17. The minimum Gasteiger partial charge on any atom is -0.493 e. The van der Waals surface area contributed by atoms with Gasteiger partial charge in [0.05, 0.1) is 13.7 Å². The highest BCUT2D eigenvalue weighted by Crippen LogP contribution is 2.28. The highest BCUT2D eigenvalue weighted by atomic mass is 32.1. The van der Waals surface area contributed by atoms with Gasteiger partial charge in [0.2, 0.25) is 5.91 Å². The first-order chi connectivity index (χ1) is 12.2. The molecule has 1 amide bonds. The van der Waals surface area contributed by atoms with Gasteiger partial charge in [-0.15, -0.1) is 11.3 Å². The quantitative estimate of drug-likeness (QED) is 0.490. The second kappa shape index (κ2) is 10.5. The molecule has 0 atom stereocenters. The van der Waals surface area contributed by atoms with Gasteiger partial charge in [0.25, 0.3) is 0 Å². The minimum atomic E-state index is -0.217. The lowest BCUT2D eigenvalue weighted by atomic mass is 10.2. The Bertz CT molecular complexity index is 684. The van der Waals surface area contributed by atoms with Gasteiger partial charge in [-0.2, -0.15) is 0 Å². The normalized spacial score (nSPS) is 10.8. The highest BCUT2D eigenvalue weighted by Gasteiger charge is 2.05. The first-order valence-corrected chi connectivity index (χ1v) is 9.30. The van der Waals surface area contributed by atoms with Gasteiger partial charge in [0.1, 0.15) is 0 Å². The molecular weight excluding hydrogens is 336 g/mol. The van der Waals surface area contributed by atoms with E-state index in [1.807, 2.05) is 23.6 Å². The van der Waals surface area contributed by atoms with Crippen molar-refractivity contribution in [2.45, 2.75) is 32.6 Å². The molecule has 1 N–H and O–H groups in total. The molecule has 5 nitrogen and oxygen atoms in total. The van der Waals surface area contributed by atoms with Crippen molar-refractivity contribution < 1.29 is 14.3 Å². The van der Waals surface area contributed by atoms with Crippen molar-refractivity contribution in [3.63, 3.8) is 0 Å². The number of rotatable bonds is 10. The summed E-state index contributed by atoms with van der Waals surface area (Å²) in [6.07, 6.45) is 9.50. The maximum atomic E-state index is 11.8. The third kappa shape index (κ3) is 6.58. The van der Waals surface area contributed by atoms with Gasteiger partial charge in [-0.25, -0.2) is 4.98 Å². The lowest BCUT2D eigenvalue weighted by molar-refractivity contribution is -0.111. The van der Waals surface area contributed by atoms with E-state index >= 15 is 0 Å². The van der Waals surface area contributed by atoms with Crippen molar-refractivity contribution in [3.05, 3.63) is 41.4 Å². The number of amides is 1. The molecule has 0 spiro atoms. The SMILES string of the molecule is CCCCCCOc1ccc(C=CC(=O)Nc2nccs2)cc1OC. The molecule has 6 heteroatoms. The summed E-state index contributed by atoms with van der Waals surface area (Å²) in [5.41, 5.74) is 0.865. The zero-order valence-electron chi connectivity index (χ0n) is 14.7. The van der Waals surface area contributed by atoms with Gasteiger partial charge in [0.15, 0.2) is 16.6 Å². The molecule has 0 aliphatic carbocycles. The summed E-state index contributed by atoms with van der Waals surface area (Å²) in [4.78, 5) is 15.9. The molecule has 0 radical (unpaired) electrons. The average molecular weight is 360 g/mol. The van der Waals surface area contributed by atoms with Crippen LogP contribution in [0.4, 0.5) is 5.13 Å². The fourth-order valence-electron chi connectivity index (χ4n) is 2.22. The van der Waals surface area contributed by atoms with Crippen LogP contribution in [0.25, 0.3) is 6.08 Å². The van der Waals surface area contributed by atoms with E-state index in [4.69, 9.17) is 9.47 Å². The second-order valence-corrected chi connectivity index (χ2v) is 6.37. The van der Waals surface area contributed by atoms with Gasteiger partial charge in [-0.1, -0.05) is 32.3 Å². The van der Waals surface area contributed by atoms with E-state index in [-0.39, 0.29) is 5.91 Å². The standard InChI is InChI=1S/C19H24N2O3S/c1-3-4-5-6-12-24-16-9-7-15(14-17(16)23-2)8-10-18(22)21-19-20-11-13-25-19/h7-11,13-14H,3-6,12H2,1-2H3,(H,20,21,22). The Kier molecular flexibility index (Phi) is 7.98. The van der Waals surface area contributed by atoms with Crippen molar-refractivity contribution in [2.24, 2.45) is 0 Å². The minimum absolute atomic E-state index is 0.217. The first kappa shape index (κ1) is 19.0. The Morgan fingerprint density at radius 1 is 1.28 bits per heavy atom. The molecule has 0 saturated carbocycles. The van der Waals surface area contributed by atoms with E-state index in [9.17, 15) is 4.79 Å².